The highest BCUT2D eigenvalue weighted by molar-refractivity contribution is 7.09. The Balaban J connectivity index is 1.43. The molecule has 3 N–H and O–H groups in total. The maximum Gasteiger partial charge on any atom is 0.407 e. The van der Waals surface area contributed by atoms with Gasteiger partial charge >= 0.3 is 12.1 Å². The summed E-state index contributed by atoms with van der Waals surface area (Å²) in [5, 5.41) is 12.3. The van der Waals surface area contributed by atoms with Gasteiger partial charge in [0.25, 0.3) is 0 Å². The molecule has 2 aromatic heterocycles. The van der Waals surface area contributed by atoms with Crippen molar-refractivity contribution in [3.05, 3.63) is 104 Å². The summed E-state index contributed by atoms with van der Waals surface area (Å²) in [5.74, 6) is -0.0737. The number of nitrogens with zero attached hydrogens (tertiary/aromatic N) is 3. The summed E-state index contributed by atoms with van der Waals surface area (Å²) in [7, 11) is 1.71. The van der Waals surface area contributed by atoms with Crippen molar-refractivity contribution in [3.63, 3.8) is 0 Å². The third-order valence-electron chi connectivity index (χ3n) is 8.05. The van der Waals surface area contributed by atoms with Crippen LogP contribution in [0.5, 0.6) is 0 Å². The fourth-order valence-corrected chi connectivity index (χ4v) is 6.68. The lowest BCUT2D eigenvalue weighted by Gasteiger charge is -2.28. The van der Waals surface area contributed by atoms with Gasteiger partial charge in [0, 0.05) is 36.6 Å². The predicted molar refractivity (Wildman–Crippen MR) is 196 cm³/mol. The molecule has 262 valence electrons. The number of rotatable bonds is 17. The summed E-state index contributed by atoms with van der Waals surface area (Å²) in [6.45, 7) is 8.53. The molecule has 4 amide bonds. The van der Waals surface area contributed by atoms with E-state index in [9.17, 15) is 14.4 Å². The molecule has 4 rings (SSSR count). The number of alkyl carbamates (subject to hydrolysis) is 1. The number of hydrogen-bond donors (Lipinski definition) is 3. The van der Waals surface area contributed by atoms with Crippen LogP contribution in [0, 0.1) is 5.92 Å². The van der Waals surface area contributed by atoms with Crippen LogP contribution in [0.25, 0.3) is 0 Å². The maximum atomic E-state index is 13.8. The molecule has 0 saturated heterocycles. The number of hydrogen-bond acceptors (Lipinski definition) is 8. The van der Waals surface area contributed by atoms with Crippen molar-refractivity contribution in [1.82, 2.24) is 30.8 Å². The molecule has 0 spiro atoms. The van der Waals surface area contributed by atoms with E-state index in [4.69, 9.17) is 4.74 Å². The van der Waals surface area contributed by atoms with E-state index in [2.05, 4.69) is 39.8 Å². The van der Waals surface area contributed by atoms with Crippen LogP contribution in [0.1, 0.15) is 73.2 Å². The van der Waals surface area contributed by atoms with Gasteiger partial charge in [0.2, 0.25) is 5.91 Å². The third kappa shape index (κ3) is 12.6. The number of nitrogens with one attached hydrogen (secondary N) is 3. The van der Waals surface area contributed by atoms with Crippen LogP contribution in [0.15, 0.2) is 77.8 Å². The molecular formula is C37H48N6O4S2. The van der Waals surface area contributed by atoms with E-state index in [0.717, 1.165) is 26.7 Å². The van der Waals surface area contributed by atoms with Crippen molar-refractivity contribution in [2.75, 3.05) is 7.05 Å². The summed E-state index contributed by atoms with van der Waals surface area (Å²) < 4.78 is 5.49. The fourth-order valence-electron chi connectivity index (χ4n) is 5.35. The third-order valence-corrected chi connectivity index (χ3v) is 10.00. The van der Waals surface area contributed by atoms with Gasteiger partial charge in [0.1, 0.15) is 12.6 Å². The normalized spacial score (nSPS) is 13.0. The van der Waals surface area contributed by atoms with Gasteiger partial charge in [-0.05, 0) is 42.7 Å². The van der Waals surface area contributed by atoms with E-state index in [0.29, 0.717) is 38.1 Å². The van der Waals surface area contributed by atoms with Gasteiger partial charge in [0.05, 0.1) is 27.6 Å². The number of amides is 4. The first-order valence-corrected chi connectivity index (χ1v) is 18.5. The smallest absolute Gasteiger partial charge is 0.407 e. The summed E-state index contributed by atoms with van der Waals surface area (Å²) in [6, 6.07) is 18.4. The summed E-state index contributed by atoms with van der Waals surface area (Å²) in [6.07, 6.45) is 3.58. The van der Waals surface area contributed by atoms with Gasteiger partial charge in [-0.1, -0.05) is 88.4 Å². The molecule has 3 atom stereocenters. The van der Waals surface area contributed by atoms with E-state index in [1.807, 2.05) is 79.9 Å². The largest absolute Gasteiger partial charge is 0.444 e. The molecule has 0 radical (unpaired) electrons. The average Bonchev–Trinajstić information content (AvgIpc) is 3.78. The van der Waals surface area contributed by atoms with Gasteiger partial charge in [0.15, 0.2) is 0 Å². The Morgan fingerprint density at radius 1 is 0.837 bits per heavy atom. The first-order valence-electron chi connectivity index (χ1n) is 16.7. The highest BCUT2D eigenvalue weighted by Crippen LogP contribution is 2.20. The lowest BCUT2D eigenvalue weighted by atomic mass is 9.95. The van der Waals surface area contributed by atoms with Gasteiger partial charge < -0.3 is 25.6 Å². The zero-order valence-electron chi connectivity index (χ0n) is 28.9. The Hall–Kier alpha value is -4.29. The van der Waals surface area contributed by atoms with Gasteiger partial charge in [-0.2, -0.15) is 0 Å². The maximum absolute atomic E-state index is 13.8. The lowest BCUT2D eigenvalue weighted by molar-refractivity contribution is -0.124. The van der Waals surface area contributed by atoms with Crippen LogP contribution in [-0.4, -0.2) is 58.1 Å². The molecule has 2 aromatic carbocycles. The number of ether oxygens (including phenoxy) is 1. The topological polar surface area (TPSA) is 126 Å². The van der Waals surface area contributed by atoms with Gasteiger partial charge in [-0.15, -0.1) is 22.7 Å². The SMILES string of the molecule is CC(C)c1nc(CN(C)C(=O)N[C@H](C(=O)N[C@H](CCC(Cc2ccccc2)NC(=O)OCc2cncs2)Cc2ccccc2)C(C)C)cs1. The van der Waals surface area contributed by atoms with E-state index < -0.39 is 12.1 Å². The quantitative estimate of drug-likeness (QED) is 0.109. The van der Waals surface area contributed by atoms with Crippen molar-refractivity contribution in [1.29, 1.82) is 0 Å². The van der Waals surface area contributed by atoms with Crippen molar-refractivity contribution < 1.29 is 19.1 Å². The number of thiazole rings is 2. The van der Waals surface area contributed by atoms with Crippen LogP contribution in [0.3, 0.4) is 0 Å². The predicted octanol–water partition coefficient (Wildman–Crippen LogP) is 6.93. The molecule has 12 heteroatoms. The number of carbonyl (C=O) groups is 3. The van der Waals surface area contributed by atoms with Crippen LogP contribution in [0.2, 0.25) is 0 Å². The molecule has 2 heterocycles. The van der Waals surface area contributed by atoms with E-state index in [-0.39, 0.29) is 36.5 Å². The fraction of sp³-hybridized carbons (Fsp3) is 0.432. The van der Waals surface area contributed by atoms with Crippen LogP contribution >= 0.6 is 22.7 Å². The molecule has 0 fully saturated rings. The Kier molecular flexibility index (Phi) is 14.6. The average molecular weight is 705 g/mol. The van der Waals surface area contributed by atoms with Crippen molar-refractivity contribution in [2.45, 2.75) is 90.6 Å². The minimum absolute atomic E-state index is 0.151. The minimum atomic E-state index is -0.741. The Bertz CT molecular complexity index is 1580. The Labute approximate surface area is 297 Å². The van der Waals surface area contributed by atoms with Crippen LogP contribution in [0.4, 0.5) is 9.59 Å². The standard InChI is InChI=1S/C37H48N6O4S2/c1-25(2)33(42-36(45)43(5)21-31-23-48-35(40-31)26(3)4)34(44)39-29(18-27-12-8-6-9-13-27)16-17-30(19-28-14-10-7-11-15-28)41-37(46)47-22-32-20-38-24-49-32/h6-15,20,23-26,29-30,33H,16-19,21-22H2,1-5H3,(H,39,44)(H,41,46)(H,42,45)/t29-,30?,33+/m1/s1. The van der Waals surface area contributed by atoms with Crippen molar-refractivity contribution >= 4 is 40.7 Å². The first-order chi connectivity index (χ1) is 23.6. The second-order valence-electron chi connectivity index (χ2n) is 12.9. The zero-order chi connectivity index (χ0) is 35.2. The lowest BCUT2D eigenvalue weighted by Crippen LogP contribution is -2.54. The number of benzene rings is 2. The molecule has 49 heavy (non-hydrogen) atoms. The number of urea groups is 1. The van der Waals surface area contributed by atoms with Crippen molar-refractivity contribution in [3.8, 4) is 0 Å². The molecule has 0 aliphatic rings. The van der Waals surface area contributed by atoms with Gasteiger partial charge in [-0.3, -0.25) is 9.78 Å². The number of carbonyl (C=O) groups excluding carboxylic acids is 3. The molecule has 10 nitrogen and oxygen atoms in total. The van der Waals surface area contributed by atoms with E-state index in [1.165, 1.54) is 11.3 Å². The Morgan fingerprint density at radius 2 is 1.45 bits per heavy atom. The molecule has 0 saturated carbocycles. The van der Waals surface area contributed by atoms with Crippen LogP contribution < -0.4 is 16.0 Å². The highest BCUT2D eigenvalue weighted by atomic mass is 32.1. The minimum Gasteiger partial charge on any atom is -0.444 e. The second-order valence-corrected chi connectivity index (χ2v) is 14.8. The first kappa shape index (κ1) is 37.5. The summed E-state index contributed by atoms with van der Waals surface area (Å²) in [5.41, 5.74) is 4.70. The summed E-state index contributed by atoms with van der Waals surface area (Å²) >= 11 is 3.02. The number of aromatic nitrogens is 2. The van der Waals surface area contributed by atoms with Crippen molar-refractivity contribution in [2.24, 2.45) is 5.92 Å². The highest BCUT2D eigenvalue weighted by Gasteiger charge is 2.28. The second kappa shape index (κ2) is 19.0. The van der Waals surface area contributed by atoms with Gasteiger partial charge in [-0.25, -0.2) is 14.6 Å². The molecule has 0 aliphatic carbocycles. The molecule has 0 aliphatic heterocycles. The van der Waals surface area contributed by atoms with Crippen LogP contribution in [-0.2, 0) is 35.5 Å². The molecular weight excluding hydrogens is 657 g/mol. The van der Waals surface area contributed by atoms with E-state index >= 15 is 0 Å². The monoisotopic (exact) mass is 704 g/mol. The summed E-state index contributed by atoms with van der Waals surface area (Å²) in [4.78, 5) is 51.1. The molecule has 0 bridgehead atoms. The molecule has 1 unspecified atom stereocenters. The zero-order valence-corrected chi connectivity index (χ0v) is 30.6. The Morgan fingerprint density at radius 3 is 1.98 bits per heavy atom. The van der Waals surface area contributed by atoms with E-state index in [1.54, 1.807) is 35.0 Å². The molecule has 4 aromatic rings.